The molecule has 9 nitrogen and oxygen atoms in total. The van der Waals surface area contributed by atoms with Gasteiger partial charge in [-0.25, -0.2) is 4.79 Å². The molecule has 0 heterocycles. The van der Waals surface area contributed by atoms with Crippen LogP contribution in [0.2, 0.25) is 0 Å². The number of nitrogens with zero attached hydrogens (tertiary/aromatic N) is 1. The summed E-state index contributed by atoms with van der Waals surface area (Å²) in [7, 11) is 5.94. The van der Waals surface area contributed by atoms with Crippen LogP contribution < -0.4 is 0 Å². The van der Waals surface area contributed by atoms with Gasteiger partial charge in [0.25, 0.3) is 6.29 Å². The van der Waals surface area contributed by atoms with Crippen LogP contribution in [0.15, 0.2) is 109 Å². The first kappa shape index (κ1) is 67.0. The highest BCUT2D eigenvalue weighted by molar-refractivity contribution is 5.71. The summed E-state index contributed by atoms with van der Waals surface area (Å²) in [6.07, 6.45) is 68.9. The van der Waals surface area contributed by atoms with Crippen LogP contribution in [0.4, 0.5) is 0 Å². The van der Waals surface area contributed by atoms with Crippen LogP contribution in [0, 0.1) is 0 Å². The van der Waals surface area contributed by atoms with Gasteiger partial charge in [0.1, 0.15) is 13.2 Å². The van der Waals surface area contributed by atoms with Gasteiger partial charge in [0.15, 0.2) is 6.10 Å². The Kier molecular flexibility index (Phi) is 49.3. The number of carbonyl (C=O) groups excluding carboxylic acids is 2. The Morgan fingerprint density at radius 2 is 0.761 bits per heavy atom. The lowest BCUT2D eigenvalue weighted by atomic mass is 10.0. The zero-order chi connectivity index (χ0) is 52.0. The van der Waals surface area contributed by atoms with E-state index in [0.717, 1.165) is 89.9 Å². The number of carboxylic acids is 1. The molecule has 0 radical (unpaired) electrons. The molecule has 0 rings (SSSR count). The number of carboxylic acid groups (broad SMARTS) is 1. The molecule has 9 heteroatoms. The van der Waals surface area contributed by atoms with E-state index in [1.165, 1.54) is 77.0 Å². The number of allylic oxidation sites excluding steroid dienone is 18. The third-order valence-electron chi connectivity index (χ3n) is 11.5. The van der Waals surface area contributed by atoms with Crippen molar-refractivity contribution in [2.45, 2.75) is 219 Å². The van der Waals surface area contributed by atoms with Gasteiger partial charge in [-0.3, -0.25) is 9.59 Å². The lowest BCUT2D eigenvalue weighted by Crippen LogP contribution is -2.40. The number of rotatable bonds is 50. The van der Waals surface area contributed by atoms with Crippen molar-refractivity contribution in [3.8, 4) is 0 Å². The predicted octanol–water partition coefficient (Wildman–Crippen LogP) is 16.3. The van der Waals surface area contributed by atoms with Gasteiger partial charge in [0.2, 0.25) is 0 Å². The average molecular weight is 992 g/mol. The molecule has 0 bridgehead atoms. The van der Waals surface area contributed by atoms with Gasteiger partial charge in [0.05, 0.1) is 34.4 Å². The molecule has 2 atom stereocenters. The van der Waals surface area contributed by atoms with Crippen LogP contribution in [-0.2, 0) is 33.3 Å². The molecule has 0 aliphatic carbocycles. The molecule has 1 N–H and O–H groups in total. The number of unbranched alkanes of at least 4 members (excludes halogenated alkanes) is 17. The molecule has 0 spiro atoms. The van der Waals surface area contributed by atoms with E-state index < -0.39 is 24.3 Å². The normalized spacial score (nSPS) is 13.6. The van der Waals surface area contributed by atoms with Gasteiger partial charge in [0, 0.05) is 12.8 Å². The topological polar surface area (TPSA) is 108 Å². The molecule has 0 amide bonds. The molecule has 0 saturated heterocycles. The van der Waals surface area contributed by atoms with Crippen LogP contribution in [0.5, 0.6) is 0 Å². The monoisotopic (exact) mass is 991 g/mol. The molecule has 0 aromatic carbocycles. The lowest BCUT2D eigenvalue weighted by Gasteiger charge is -2.25. The summed E-state index contributed by atoms with van der Waals surface area (Å²) in [6.45, 7) is 4.59. The van der Waals surface area contributed by atoms with Crippen molar-refractivity contribution in [1.29, 1.82) is 0 Å². The maximum Gasteiger partial charge on any atom is 0.361 e. The Labute approximate surface area is 434 Å². The minimum absolute atomic E-state index is 0.176. The molecular formula is C62H104NO8+. The van der Waals surface area contributed by atoms with Crippen molar-refractivity contribution in [3.05, 3.63) is 109 Å². The first-order valence-electron chi connectivity index (χ1n) is 28.1. The summed E-state index contributed by atoms with van der Waals surface area (Å²) in [5.41, 5.74) is 0. The number of esters is 2. The third kappa shape index (κ3) is 53.6. The van der Waals surface area contributed by atoms with E-state index in [1.54, 1.807) is 0 Å². The fraction of sp³-hybridized carbons (Fsp3) is 0.661. The van der Waals surface area contributed by atoms with Crippen LogP contribution in [0.3, 0.4) is 0 Å². The fourth-order valence-corrected chi connectivity index (χ4v) is 7.27. The molecule has 0 aliphatic rings. The summed E-state index contributed by atoms with van der Waals surface area (Å²) in [5.74, 6) is -2.07. The molecule has 0 saturated carbocycles. The molecule has 0 aromatic rings. The summed E-state index contributed by atoms with van der Waals surface area (Å²) in [5, 5.41) is 9.68. The smallest absolute Gasteiger partial charge is 0.361 e. The SMILES string of the molecule is CC/C=C\C/C=C\C/C=C\C/C=C\C/C=C\CCCCCCCCCCCCCCCCCC(=O)OC(COC(=O)CCCC/C=C\C/C=C\C/C=C\C/C=C\CC)COC(OCC[N+](C)(C)C)C(=O)O. The molecular weight excluding hydrogens is 887 g/mol. The summed E-state index contributed by atoms with van der Waals surface area (Å²) in [4.78, 5) is 37.3. The Morgan fingerprint density at radius 3 is 1.15 bits per heavy atom. The molecule has 0 fully saturated rings. The number of ether oxygens (including phenoxy) is 4. The number of likely N-dealkylation sites (N-methyl/N-ethyl adjacent to an activating group) is 1. The highest BCUT2D eigenvalue weighted by atomic mass is 16.7. The van der Waals surface area contributed by atoms with Crippen LogP contribution in [0.1, 0.15) is 206 Å². The molecule has 2 unspecified atom stereocenters. The number of hydrogen-bond acceptors (Lipinski definition) is 7. The van der Waals surface area contributed by atoms with E-state index >= 15 is 0 Å². The second kappa shape index (κ2) is 52.3. The van der Waals surface area contributed by atoms with E-state index in [0.29, 0.717) is 23.9 Å². The van der Waals surface area contributed by atoms with Gasteiger partial charge in [-0.2, -0.15) is 0 Å². The van der Waals surface area contributed by atoms with E-state index in [9.17, 15) is 19.5 Å². The molecule has 0 aliphatic heterocycles. The Balaban J connectivity index is 4.22. The van der Waals surface area contributed by atoms with Gasteiger partial charge >= 0.3 is 17.9 Å². The average Bonchev–Trinajstić information content (AvgIpc) is 3.34. The zero-order valence-electron chi connectivity index (χ0n) is 45.8. The van der Waals surface area contributed by atoms with Crippen LogP contribution in [-0.4, -0.2) is 87.4 Å². The van der Waals surface area contributed by atoms with Crippen molar-refractivity contribution in [3.63, 3.8) is 0 Å². The fourth-order valence-electron chi connectivity index (χ4n) is 7.27. The minimum Gasteiger partial charge on any atom is -0.477 e. The Hall–Kier alpha value is -4.05. The Bertz CT molecular complexity index is 1530. The van der Waals surface area contributed by atoms with Crippen molar-refractivity contribution in [2.24, 2.45) is 0 Å². The number of carbonyl (C=O) groups is 3. The van der Waals surface area contributed by atoms with E-state index in [4.69, 9.17) is 18.9 Å². The van der Waals surface area contributed by atoms with Gasteiger partial charge in [-0.1, -0.05) is 207 Å². The van der Waals surface area contributed by atoms with E-state index in [-0.39, 0.29) is 38.6 Å². The second-order valence-electron chi connectivity index (χ2n) is 19.5. The third-order valence-corrected chi connectivity index (χ3v) is 11.5. The summed E-state index contributed by atoms with van der Waals surface area (Å²) in [6, 6.07) is 0. The van der Waals surface area contributed by atoms with E-state index in [1.807, 2.05) is 21.1 Å². The number of hydrogen-bond donors (Lipinski definition) is 1. The quantitative estimate of drug-likeness (QED) is 0.0211. The first-order chi connectivity index (χ1) is 34.6. The highest BCUT2D eigenvalue weighted by Crippen LogP contribution is 2.15. The first-order valence-corrected chi connectivity index (χ1v) is 28.1. The second-order valence-corrected chi connectivity index (χ2v) is 19.5. The maximum absolute atomic E-state index is 12.9. The summed E-state index contributed by atoms with van der Waals surface area (Å²) < 4.78 is 22.8. The summed E-state index contributed by atoms with van der Waals surface area (Å²) >= 11 is 0. The van der Waals surface area contributed by atoms with E-state index in [2.05, 4.69) is 123 Å². The van der Waals surface area contributed by atoms with Crippen molar-refractivity contribution in [1.82, 2.24) is 0 Å². The maximum atomic E-state index is 12.9. The van der Waals surface area contributed by atoms with Gasteiger partial charge in [-0.05, 0) is 96.3 Å². The number of quaternary nitrogens is 1. The lowest BCUT2D eigenvalue weighted by molar-refractivity contribution is -0.870. The largest absolute Gasteiger partial charge is 0.477 e. The standard InChI is InChI=1S/C62H103NO8/c1-6-8-10-12-14-16-18-20-22-23-24-25-26-27-28-29-30-31-32-33-34-35-36-37-39-41-43-45-47-49-51-53-60(65)71-58(57-70-62(61(66)67)68-55-54-63(3,4)5)56-69-59(64)52-50-48-46-44-42-40-38-21-19-17-15-13-11-9-7-2/h8-11,14-17,20-22,24-25,27-28,38,42,44,58,62H,6-7,12-13,18-19,23,26,29-37,39-41,43,45-57H2,1-5H3/p+1/b10-8-,11-9-,16-14-,17-15-,22-20-,25-24-,28-27-,38-21-,44-42-. The number of aliphatic carboxylic acids is 1. The highest BCUT2D eigenvalue weighted by Gasteiger charge is 2.25. The predicted molar refractivity (Wildman–Crippen MR) is 299 cm³/mol. The molecule has 71 heavy (non-hydrogen) atoms. The van der Waals surface area contributed by atoms with Crippen LogP contribution >= 0.6 is 0 Å². The van der Waals surface area contributed by atoms with Crippen molar-refractivity contribution in [2.75, 3.05) is 47.5 Å². The minimum atomic E-state index is -1.52. The van der Waals surface area contributed by atoms with Crippen LogP contribution in [0.25, 0.3) is 0 Å². The van der Waals surface area contributed by atoms with Gasteiger partial charge < -0.3 is 28.5 Å². The zero-order valence-corrected chi connectivity index (χ0v) is 45.8. The Morgan fingerprint density at radius 1 is 0.423 bits per heavy atom. The molecule has 0 aromatic heterocycles. The molecule has 404 valence electrons. The van der Waals surface area contributed by atoms with Crippen molar-refractivity contribution < 1.29 is 42.9 Å². The van der Waals surface area contributed by atoms with Gasteiger partial charge in [-0.15, -0.1) is 0 Å². The van der Waals surface area contributed by atoms with Crippen molar-refractivity contribution >= 4 is 17.9 Å².